The minimum Gasteiger partial charge on any atom is -0.500 e. The molecular formula is C48H38IrN2O2-2. The molecule has 0 aliphatic heterocycles. The summed E-state index contributed by atoms with van der Waals surface area (Å²) < 4.78 is 31.2. The van der Waals surface area contributed by atoms with Gasteiger partial charge in [0.05, 0.1) is 11.1 Å². The van der Waals surface area contributed by atoms with E-state index in [0.717, 1.165) is 61.0 Å². The van der Waals surface area contributed by atoms with Crippen LogP contribution in [0.5, 0.6) is 0 Å². The van der Waals surface area contributed by atoms with Crippen molar-refractivity contribution in [2.24, 2.45) is 0 Å². The van der Waals surface area contributed by atoms with E-state index in [-0.39, 0.29) is 20.1 Å². The fourth-order valence-electron chi connectivity index (χ4n) is 6.70. The van der Waals surface area contributed by atoms with E-state index >= 15 is 0 Å². The Balaban J connectivity index is 0.000000305. The van der Waals surface area contributed by atoms with Crippen molar-refractivity contribution in [1.29, 1.82) is 0 Å². The van der Waals surface area contributed by atoms with Crippen molar-refractivity contribution >= 4 is 33.0 Å². The summed E-state index contributed by atoms with van der Waals surface area (Å²) in [4.78, 5) is 9.10. The van der Waals surface area contributed by atoms with Crippen LogP contribution in [0.15, 0.2) is 155 Å². The van der Waals surface area contributed by atoms with Crippen LogP contribution in [0.3, 0.4) is 0 Å². The van der Waals surface area contributed by atoms with Gasteiger partial charge in [-0.1, -0.05) is 118 Å². The van der Waals surface area contributed by atoms with Crippen LogP contribution in [0.25, 0.3) is 78.0 Å². The zero-order valence-corrected chi connectivity index (χ0v) is 32.3. The summed E-state index contributed by atoms with van der Waals surface area (Å²) in [5.74, 6) is -1.47. The third kappa shape index (κ3) is 7.11. The van der Waals surface area contributed by atoms with Crippen LogP contribution in [-0.2, 0) is 20.1 Å². The van der Waals surface area contributed by atoms with Gasteiger partial charge in [0.15, 0.2) is 0 Å². The Morgan fingerprint density at radius 1 is 0.623 bits per heavy atom. The Hall–Kier alpha value is -5.61. The minimum absolute atomic E-state index is 0. The second-order valence-corrected chi connectivity index (χ2v) is 13.2. The summed E-state index contributed by atoms with van der Waals surface area (Å²) in [6.07, 6.45) is 1.79. The van der Waals surface area contributed by atoms with Crippen LogP contribution in [0.1, 0.15) is 53.4 Å². The Labute approximate surface area is 326 Å². The predicted octanol–water partition coefficient (Wildman–Crippen LogP) is 13.3. The van der Waals surface area contributed by atoms with Crippen LogP contribution in [0, 0.1) is 12.1 Å². The van der Waals surface area contributed by atoms with E-state index in [1.807, 2.05) is 143 Å². The van der Waals surface area contributed by atoms with E-state index < -0.39 is 11.8 Å². The molecule has 0 bridgehead atoms. The SMILES string of the molecule is [2H]C(C)(C)c1cc(-c2ccccc2)cc(C([2H])(C)C)c1-c1cccc2nc(-c3[c-]ccc4c3oc3ccccc34)oc12.[Ir].[c-]1ccccc1-c1ccccn1. The summed E-state index contributed by atoms with van der Waals surface area (Å²) >= 11 is 0. The van der Waals surface area contributed by atoms with Crippen LogP contribution in [0.4, 0.5) is 0 Å². The molecule has 0 amide bonds. The third-order valence-electron chi connectivity index (χ3n) is 9.21. The minimum atomic E-state index is -0.946. The second kappa shape index (κ2) is 15.6. The first-order valence-corrected chi connectivity index (χ1v) is 17.4. The fraction of sp³-hybridized carbons (Fsp3) is 0.125. The largest absolute Gasteiger partial charge is 0.500 e. The molecule has 5 heteroatoms. The molecule has 3 heterocycles. The number of para-hydroxylation sites is 2. The van der Waals surface area contributed by atoms with Crippen LogP contribution in [0.2, 0.25) is 0 Å². The van der Waals surface area contributed by atoms with E-state index in [0.29, 0.717) is 28.1 Å². The van der Waals surface area contributed by atoms with Crippen LogP contribution >= 0.6 is 0 Å². The molecule has 0 N–H and O–H groups in total. The van der Waals surface area contributed by atoms with Crippen molar-refractivity contribution in [1.82, 2.24) is 9.97 Å². The molecule has 0 saturated heterocycles. The number of rotatable bonds is 6. The molecule has 0 spiro atoms. The fourth-order valence-corrected chi connectivity index (χ4v) is 6.70. The van der Waals surface area contributed by atoms with Gasteiger partial charge >= 0.3 is 0 Å². The van der Waals surface area contributed by atoms with E-state index in [4.69, 9.17) is 13.8 Å². The first-order valence-electron chi connectivity index (χ1n) is 18.4. The molecule has 9 rings (SSSR count). The van der Waals surface area contributed by atoms with E-state index in [1.54, 1.807) is 6.20 Å². The summed E-state index contributed by atoms with van der Waals surface area (Å²) in [5, 5.41) is 2.01. The third-order valence-corrected chi connectivity index (χ3v) is 9.21. The summed E-state index contributed by atoms with van der Waals surface area (Å²) in [6.45, 7) is 7.57. The number of furan rings is 1. The molecule has 9 aromatic rings. The predicted molar refractivity (Wildman–Crippen MR) is 213 cm³/mol. The molecule has 3 aromatic heterocycles. The van der Waals surface area contributed by atoms with Crippen molar-refractivity contribution in [2.45, 2.75) is 39.5 Å². The van der Waals surface area contributed by atoms with Gasteiger partial charge in [-0.15, -0.1) is 54.1 Å². The van der Waals surface area contributed by atoms with E-state index in [2.05, 4.69) is 41.4 Å². The van der Waals surface area contributed by atoms with Crippen molar-refractivity contribution in [2.75, 3.05) is 0 Å². The standard InChI is InChI=1S/C37H30NO2.C11H8N.Ir/c1-22(2)30-20-25(24-12-6-5-7-13-24)21-31(23(3)4)34(30)28-16-11-18-32-36(28)40-37(38-32)29-17-10-15-27-26-14-8-9-19-33(26)39-35(27)29;1-2-6-10(7-3-1)11-8-4-5-9-12-11;/h5-16,18-23H,1-4H3;1-6,8-9H;/q2*-1;/i22D,23D;;. The monoisotopic (exact) mass is 869 g/mol. The average Bonchev–Trinajstić information content (AvgIpc) is 3.80. The van der Waals surface area contributed by atoms with Crippen LogP contribution < -0.4 is 0 Å². The van der Waals surface area contributed by atoms with Gasteiger partial charge in [0, 0.05) is 40.0 Å². The normalized spacial score (nSPS) is 12.2. The van der Waals surface area contributed by atoms with Crippen molar-refractivity contribution < 1.29 is 31.7 Å². The Morgan fingerprint density at radius 2 is 1.36 bits per heavy atom. The van der Waals surface area contributed by atoms with Crippen molar-refractivity contribution in [3.8, 4) is 45.0 Å². The number of fused-ring (bicyclic) bond motifs is 4. The van der Waals surface area contributed by atoms with Gasteiger partial charge in [0.25, 0.3) is 0 Å². The van der Waals surface area contributed by atoms with E-state index in [1.165, 1.54) is 0 Å². The maximum Gasteiger partial charge on any atom is 0.149 e. The Bertz CT molecular complexity index is 2660. The van der Waals surface area contributed by atoms with Crippen LogP contribution in [-0.4, -0.2) is 9.97 Å². The first kappa shape index (κ1) is 33.2. The Morgan fingerprint density at radius 3 is 2.08 bits per heavy atom. The molecule has 0 saturated carbocycles. The number of oxazole rings is 1. The van der Waals surface area contributed by atoms with Crippen molar-refractivity contribution in [3.05, 3.63) is 169 Å². The van der Waals surface area contributed by atoms with Gasteiger partial charge in [0.1, 0.15) is 17.1 Å². The number of aromatic nitrogens is 2. The Kier molecular flexibility index (Phi) is 9.75. The summed E-state index contributed by atoms with van der Waals surface area (Å²) in [5.41, 5.74) is 10.8. The maximum absolute atomic E-state index is 9.19. The number of hydrogen-bond donors (Lipinski definition) is 0. The molecule has 1 radical (unpaired) electrons. The zero-order chi connectivity index (χ0) is 37.5. The summed E-state index contributed by atoms with van der Waals surface area (Å²) in [7, 11) is 0. The van der Waals surface area contributed by atoms with Gasteiger partial charge in [-0.3, -0.25) is 4.98 Å². The maximum atomic E-state index is 9.19. The molecule has 53 heavy (non-hydrogen) atoms. The molecular weight excluding hydrogens is 829 g/mol. The van der Waals surface area contributed by atoms with Gasteiger partial charge in [-0.05, 0) is 69.1 Å². The molecule has 0 fully saturated rings. The average molecular weight is 869 g/mol. The second-order valence-electron chi connectivity index (χ2n) is 13.2. The molecule has 6 aromatic carbocycles. The topological polar surface area (TPSA) is 52.1 Å². The van der Waals surface area contributed by atoms with Crippen molar-refractivity contribution in [3.63, 3.8) is 0 Å². The van der Waals surface area contributed by atoms with Gasteiger partial charge in [-0.2, -0.15) is 0 Å². The smallest absolute Gasteiger partial charge is 0.149 e. The number of hydrogen-bond acceptors (Lipinski definition) is 4. The number of benzene rings is 6. The van der Waals surface area contributed by atoms with Gasteiger partial charge in [-0.25, -0.2) is 0 Å². The van der Waals surface area contributed by atoms with E-state index in [9.17, 15) is 2.74 Å². The molecule has 263 valence electrons. The number of pyridine rings is 1. The molecule has 0 aliphatic carbocycles. The molecule has 0 unspecified atom stereocenters. The first-order chi connectivity index (χ1) is 26.1. The molecule has 0 atom stereocenters. The van der Waals surface area contributed by atoms with Gasteiger partial charge < -0.3 is 13.8 Å². The number of nitrogens with zero attached hydrogens (tertiary/aromatic N) is 2. The zero-order valence-electron chi connectivity index (χ0n) is 31.9. The molecule has 4 nitrogen and oxygen atoms in total. The molecule has 0 aliphatic rings. The summed E-state index contributed by atoms with van der Waals surface area (Å²) in [6, 6.07) is 52.2. The quantitative estimate of drug-likeness (QED) is 0.156. The van der Waals surface area contributed by atoms with Gasteiger partial charge in [0.2, 0.25) is 0 Å².